The molecule has 0 bridgehead atoms. The van der Waals surface area contributed by atoms with Crippen LogP contribution in [0.15, 0.2) is 91.1 Å². The van der Waals surface area contributed by atoms with Crippen molar-refractivity contribution in [2.24, 2.45) is 0 Å². The average molecular weight is 430 g/mol. The van der Waals surface area contributed by atoms with E-state index in [1.54, 1.807) is 29.0 Å². The van der Waals surface area contributed by atoms with Crippen molar-refractivity contribution in [2.45, 2.75) is 13.2 Å². The largest absolute Gasteiger partial charge is 0.487 e. The maximum atomic E-state index is 12.1. The van der Waals surface area contributed by atoms with Gasteiger partial charge in [-0.05, 0) is 41.5 Å². The molecule has 4 rings (SSSR count). The number of benzene rings is 3. The molecule has 0 spiro atoms. The number of carbonyl (C=O) groups is 1. The van der Waals surface area contributed by atoms with E-state index in [2.05, 4.69) is 10.3 Å². The maximum absolute atomic E-state index is 12.1. The van der Waals surface area contributed by atoms with Gasteiger partial charge in [-0.15, -0.1) is 5.10 Å². The van der Waals surface area contributed by atoms with Gasteiger partial charge in [0.25, 0.3) is 0 Å². The Labute approximate surface area is 185 Å². The van der Waals surface area contributed by atoms with E-state index in [9.17, 15) is 4.79 Å². The average Bonchev–Trinajstić information content (AvgIpc) is 3.24. The molecule has 154 valence electrons. The molecule has 0 N–H and O–H groups in total. The number of hydrogen-bond acceptors (Lipinski definition) is 4. The molecule has 0 aliphatic heterocycles. The quantitative estimate of drug-likeness (QED) is 0.276. The van der Waals surface area contributed by atoms with Crippen molar-refractivity contribution < 1.29 is 9.53 Å². The highest BCUT2D eigenvalue weighted by Crippen LogP contribution is 2.16. The Morgan fingerprint density at radius 3 is 2.58 bits per heavy atom. The molecule has 0 fully saturated rings. The van der Waals surface area contributed by atoms with E-state index in [1.807, 2.05) is 72.9 Å². The molecule has 0 radical (unpaired) electrons. The second kappa shape index (κ2) is 9.87. The van der Waals surface area contributed by atoms with Crippen molar-refractivity contribution in [2.75, 3.05) is 0 Å². The van der Waals surface area contributed by atoms with Gasteiger partial charge >= 0.3 is 0 Å². The number of halogens is 1. The summed E-state index contributed by atoms with van der Waals surface area (Å²) in [6.45, 7) is 0.910. The van der Waals surface area contributed by atoms with Gasteiger partial charge < -0.3 is 4.74 Å². The number of ether oxygens (including phenoxy) is 1. The molecular weight excluding hydrogens is 410 g/mol. The number of rotatable bonds is 8. The minimum Gasteiger partial charge on any atom is -0.487 e. The maximum Gasteiger partial charge on any atom is 0.185 e. The molecule has 31 heavy (non-hydrogen) atoms. The minimum atomic E-state index is -0.0261. The Hall–Kier alpha value is -3.70. The van der Waals surface area contributed by atoms with Crippen LogP contribution in [0, 0.1) is 0 Å². The second-order valence-corrected chi connectivity index (χ2v) is 7.40. The predicted molar refractivity (Wildman–Crippen MR) is 121 cm³/mol. The zero-order chi connectivity index (χ0) is 21.5. The van der Waals surface area contributed by atoms with Gasteiger partial charge in [-0.25, -0.2) is 4.68 Å². The van der Waals surface area contributed by atoms with Crippen molar-refractivity contribution in [3.05, 3.63) is 119 Å². The third kappa shape index (κ3) is 5.90. The normalized spacial score (nSPS) is 11.0. The molecule has 0 saturated carbocycles. The van der Waals surface area contributed by atoms with Crippen LogP contribution in [0.3, 0.4) is 0 Å². The summed E-state index contributed by atoms with van der Waals surface area (Å²) in [5.74, 6) is 0.692. The van der Waals surface area contributed by atoms with Crippen molar-refractivity contribution >= 4 is 23.5 Å². The molecule has 1 heterocycles. The lowest BCUT2D eigenvalue weighted by atomic mass is 10.1. The number of nitrogens with zero attached hydrogens (tertiary/aromatic N) is 3. The third-order valence-electron chi connectivity index (χ3n) is 4.57. The van der Waals surface area contributed by atoms with E-state index in [0.717, 1.165) is 22.6 Å². The van der Waals surface area contributed by atoms with Crippen molar-refractivity contribution in [3.63, 3.8) is 0 Å². The van der Waals surface area contributed by atoms with Crippen LogP contribution >= 0.6 is 11.6 Å². The van der Waals surface area contributed by atoms with E-state index in [0.29, 0.717) is 23.7 Å². The van der Waals surface area contributed by atoms with E-state index in [4.69, 9.17) is 16.3 Å². The highest BCUT2D eigenvalue weighted by molar-refractivity contribution is 6.30. The molecule has 0 aliphatic rings. The molecule has 0 atom stereocenters. The Bertz CT molecular complexity index is 1180. The minimum absolute atomic E-state index is 0.0261. The monoisotopic (exact) mass is 429 g/mol. The highest BCUT2D eigenvalue weighted by atomic mass is 35.5. The summed E-state index contributed by atoms with van der Waals surface area (Å²) >= 11 is 6.02. The van der Waals surface area contributed by atoms with Gasteiger partial charge in [0.05, 0.1) is 12.7 Å². The number of carbonyl (C=O) groups excluding carboxylic acids is 1. The van der Waals surface area contributed by atoms with Gasteiger partial charge in [-0.1, -0.05) is 77.5 Å². The molecule has 0 saturated heterocycles. The summed E-state index contributed by atoms with van der Waals surface area (Å²) in [5.41, 5.74) is 3.38. The summed E-state index contributed by atoms with van der Waals surface area (Å²) in [7, 11) is 0. The Morgan fingerprint density at radius 1 is 1.00 bits per heavy atom. The molecular formula is C25H20ClN3O2. The van der Waals surface area contributed by atoms with Crippen LogP contribution in [0.4, 0.5) is 0 Å². The lowest BCUT2D eigenvalue weighted by molar-refractivity contribution is 0.104. The Balaban J connectivity index is 1.30. The summed E-state index contributed by atoms with van der Waals surface area (Å²) in [5, 5.41) is 8.99. The summed E-state index contributed by atoms with van der Waals surface area (Å²) in [6.07, 6.45) is 5.22. The van der Waals surface area contributed by atoms with Crippen molar-refractivity contribution in [3.8, 4) is 5.75 Å². The first-order chi connectivity index (χ1) is 15.2. The number of hydrogen-bond donors (Lipinski definition) is 0. The summed E-state index contributed by atoms with van der Waals surface area (Å²) in [4.78, 5) is 12.1. The van der Waals surface area contributed by atoms with Crippen molar-refractivity contribution in [1.82, 2.24) is 15.0 Å². The molecule has 6 heteroatoms. The summed E-state index contributed by atoms with van der Waals surface area (Å²) < 4.78 is 7.55. The molecule has 0 aliphatic carbocycles. The molecule has 0 amide bonds. The van der Waals surface area contributed by atoms with Gasteiger partial charge in [-0.2, -0.15) is 0 Å². The Kier molecular flexibility index (Phi) is 6.55. The lowest BCUT2D eigenvalue weighted by Crippen LogP contribution is -2.00. The number of allylic oxidation sites excluding steroid dienone is 1. The topological polar surface area (TPSA) is 57.0 Å². The van der Waals surface area contributed by atoms with Crippen molar-refractivity contribution in [1.29, 1.82) is 0 Å². The Morgan fingerprint density at radius 2 is 1.81 bits per heavy atom. The zero-order valence-electron chi connectivity index (χ0n) is 16.7. The first kappa shape index (κ1) is 20.6. The molecule has 4 aromatic rings. The highest BCUT2D eigenvalue weighted by Gasteiger charge is 2.04. The van der Waals surface area contributed by atoms with Crippen LogP contribution in [-0.2, 0) is 13.2 Å². The van der Waals surface area contributed by atoms with Gasteiger partial charge in [0.1, 0.15) is 18.1 Å². The first-order valence-electron chi connectivity index (χ1n) is 9.79. The van der Waals surface area contributed by atoms with Crippen LogP contribution in [0.5, 0.6) is 5.75 Å². The van der Waals surface area contributed by atoms with Crippen LogP contribution < -0.4 is 4.74 Å². The van der Waals surface area contributed by atoms with Crippen LogP contribution in [0.2, 0.25) is 5.02 Å². The lowest BCUT2D eigenvalue weighted by Gasteiger charge is -2.04. The second-order valence-electron chi connectivity index (χ2n) is 6.96. The van der Waals surface area contributed by atoms with E-state index in [-0.39, 0.29) is 5.78 Å². The third-order valence-corrected chi connectivity index (χ3v) is 4.81. The number of ketones is 1. The molecule has 3 aromatic carbocycles. The standard InChI is InChI=1S/C25H20ClN3O2/c26-22-8-4-5-20(15-22)16-29-17-23(27-28-29)18-31-24-12-9-19(10-13-24)11-14-25(30)21-6-2-1-3-7-21/h1-15,17H,16,18H2. The smallest absolute Gasteiger partial charge is 0.185 e. The SMILES string of the molecule is O=C(C=Cc1ccc(OCc2cn(Cc3cccc(Cl)c3)nn2)cc1)c1ccccc1. The zero-order valence-corrected chi connectivity index (χ0v) is 17.4. The van der Waals surface area contributed by atoms with Gasteiger partial charge in [0.15, 0.2) is 5.78 Å². The van der Waals surface area contributed by atoms with E-state index >= 15 is 0 Å². The van der Waals surface area contributed by atoms with E-state index < -0.39 is 0 Å². The van der Waals surface area contributed by atoms with Crippen LogP contribution in [0.1, 0.15) is 27.2 Å². The van der Waals surface area contributed by atoms with Crippen LogP contribution in [-0.4, -0.2) is 20.8 Å². The predicted octanol–water partition coefficient (Wildman–Crippen LogP) is 5.45. The van der Waals surface area contributed by atoms with Crippen LogP contribution in [0.25, 0.3) is 6.08 Å². The van der Waals surface area contributed by atoms with Gasteiger partial charge in [0.2, 0.25) is 0 Å². The fraction of sp³-hybridized carbons (Fsp3) is 0.0800. The van der Waals surface area contributed by atoms with Gasteiger partial charge in [-0.3, -0.25) is 4.79 Å². The molecule has 1 aromatic heterocycles. The van der Waals surface area contributed by atoms with Gasteiger partial charge in [0, 0.05) is 10.6 Å². The molecule has 5 nitrogen and oxygen atoms in total. The molecule has 0 unspecified atom stereocenters. The number of aromatic nitrogens is 3. The first-order valence-corrected chi connectivity index (χ1v) is 10.2. The fourth-order valence-corrected chi connectivity index (χ4v) is 3.22. The van der Waals surface area contributed by atoms with E-state index in [1.165, 1.54) is 0 Å². The summed E-state index contributed by atoms with van der Waals surface area (Å²) in [6, 6.07) is 24.4. The fourth-order valence-electron chi connectivity index (χ4n) is 3.01.